The van der Waals surface area contributed by atoms with Gasteiger partial charge in [0.05, 0.1) is 6.16 Å². The predicted molar refractivity (Wildman–Crippen MR) is 78.3 cm³/mol. The molecule has 0 amide bonds. The molecule has 0 aromatic heterocycles. The Balaban J connectivity index is 2.14. The molecule has 0 aliphatic rings. The van der Waals surface area contributed by atoms with Gasteiger partial charge in [-0.3, -0.25) is 4.57 Å². The summed E-state index contributed by atoms with van der Waals surface area (Å²) in [5.41, 5.74) is 0.838. The molecule has 5 heteroatoms. The van der Waals surface area contributed by atoms with Crippen LogP contribution in [0.1, 0.15) is 5.56 Å². The highest BCUT2D eigenvalue weighted by molar-refractivity contribution is 7.52. The maximum absolute atomic E-state index is 12.1. The minimum absolute atomic E-state index is 0.214. The van der Waals surface area contributed by atoms with Crippen molar-refractivity contribution < 1.29 is 18.3 Å². The molecular formula is C15H17O4P. The second-order valence-corrected chi connectivity index (χ2v) is 6.47. The van der Waals surface area contributed by atoms with Gasteiger partial charge in [0.15, 0.2) is 0 Å². The average Bonchev–Trinajstić information content (AvgIpc) is 2.48. The molecule has 0 fully saturated rings. The summed E-state index contributed by atoms with van der Waals surface area (Å²) in [6.07, 6.45) is 0.214. The maximum Gasteiger partial charge on any atom is 0.334 e. The van der Waals surface area contributed by atoms with Crippen LogP contribution in [0.15, 0.2) is 54.6 Å². The lowest BCUT2D eigenvalue weighted by molar-refractivity contribution is 0.275. The Morgan fingerprint density at radius 2 is 1.55 bits per heavy atom. The smallest absolute Gasteiger partial charge is 0.334 e. The van der Waals surface area contributed by atoms with E-state index in [-0.39, 0.29) is 6.16 Å². The Kier molecular flexibility index (Phi) is 4.96. The summed E-state index contributed by atoms with van der Waals surface area (Å²) in [6.45, 7) is 0. The summed E-state index contributed by atoms with van der Waals surface area (Å²) in [5, 5.41) is 0. The van der Waals surface area contributed by atoms with Crippen LogP contribution in [0.25, 0.3) is 0 Å². The highest BCUT2D eigenvalue weighted by atomic mass is 31.2. The standard InChI is InChI=1S/C15H17O4P/c1-17-20(16,18-2)12-13-7-6-10-15(11-13)19-14-8-4-3-5-9-14/h3-11H,12H2,1-2H3. The monoisotopic (exact) mass is 292 g/mol. The van der Waals surface area contributed by atoms with Crippen molar-refractivity contribution in [2.45, 2.75) is 6.16 Å². The Bertz CT molecular complexity index is 590. The van der Waals surface area contributed by atoms with Crippen LogP contribution in [-0.4, -0.2) is 14.2 Å². The van der Waals surface area contributed by atoms with Crippen LogP contribution in [0.5, 0.6) is 11.5 Å². The number of ether oxygens (including phenoxy) is 1. The average molecular weight is 292 g/mol. The molecule has 0 atom stereocenters. The summed E-state index contributed by atoms with van der Waals surface area (Å²) in [5.74, 6) is 1.44. The maximum atomic E-state index is 12.1. The van der Waals surface area contributed by atoms with E-state index in [0.717, 1.165) is 11.3 Å². The molecule has 0 spiro atoms. The van der Waals surface area contributed by atoms with Gasteiger partial charge in [-0.05, 0) is 29.8 Å². The Morgan fingerprint density at radius 1 is 0.900 bits per heavy atom. The molecule has 2 rings (SSSR count). The van der Waals surface area contributed by atoms with Crippen molar-refractivity contribution in [1.82, 2.24) is 0 Å². The van der Waals surface area contributed by atoms with Crippen molar-refractivity contribution in [2.75, 3.05) is 14.2 Å². The summed E-state index contributed by atoms with van der Waals surface area (Å²) >= 11 is 0. The number of rotatable bonds is 6. The van der Waals surface area contributed by atoms with Crippen LogP contribution in [0.2, 0.25) is 0 Å². The van der Waals surface area contributed by atoms with Gasteiger partial charge in [0.1, 0.15) is 11.5 Å². The minimum atomic E-state index is -3.06. The van der Waals surface area contributed by atoms with Gasteiger partial charge in [0, 0.05) is 14.2 Å². The molecule has 20 heavy (non-hydrogen) atoms. The SMILES string of the molecule is COP(=O)(Cc1cccc(Oc2ccccc2)c1)OC. The molecule has 0 N–H and O–H groups in total. The molecule has 4 nitrogen and oxygen atoms in total. The molecule has 0 saturated carbocycles. The molecule has 0 unspecified atom stereocenters. The summed E-state index contributed by atoms with van der Waals surface area (Å²) in [6, 6.07) is 16.9. The highest BCUT2D eigenvalue weighted by Crippen LogP contribution is 2.49. The van der Waals surface area contributed by atoms with E-state index in [4.69, 9.17) is 13.8 Å². The zero-order chi connectivity index (χ0) is 14.4. The predicted octanol–water partition coefficient (Wildman–Crippen LogP) is 4.46. The van der Waals surface area contributed by atoms with Crippen molar-refractivity contribution >= 4 is 7.60 Å². The molecule has 2 aromatic rings. The molecule has 2 aromatic carbocycles. The molecule has 0 saturated heterocycles. The molecule has 106 valence electrons. The third-order valence-corrected chi connectivity index (χ3v) is 4.68. The molecular weight excluding hydrogens is 275 g/mol. The zero-order valence-electron chi connectivity index (χ0n) is 11.5. The third kappa shape index (κ3) is 3.94. The summed E-state index contributed by atoms with van der Waals surface area (Å²) in [7, 11) is -0.294. The lowest BCUT2D eigenvalue weighted by atomic mass is 10.2. The van der Waals surface area contributed by atoms with E-state index >= 15 is 0 Å². The van der Waals surface area contributed by atoms with Crippen molar-refractivity contribution in [3.8, 4) is 11.5 Å². The van der Waals surface area contributed by atoms with E-state index in [1.165, 1.54) is 14.2 Å². The summed E-state index contributed by atoms with van der Waals surface area (Å²) in [4.78, 5) is 0. The Morgan fingerprint density at radius 3 is 2.20 bits per heavy atom. The first-order valence-corrected chi connectivity index (χ1v) is 7.90. The number of hydrogen-bond acceptors (Lipinski definition) is 4. The second kappa shape index (κ2) is 6.71. The van der Waals surface area contributed by atoms with Crippen molar-refractivity contribution in [2.24, 2.45) is 0 Å². The van der Waals surface area contributed by atoms with Gasteiger partial charge in [-0.15, -0.1) is 0 Å². The van der Waals surface area contributed by atoms with Crippen LogP contribution in [0, 0.1) is 0 Å². The van der Waals surface area contributed by atoms with Crippen LogP contribution in [0.4, 0.5) is 0 Å². The molecule has 0 aliphatic heterocycles. The van der Waals surface area contributed by atoms with E-state index in [2.05, 4.69) is 0 Å². The topological polar surface area (TPSA) is 44.8 Å². The second-order valence-electron chi connectivity index (χ2n) is 4.20. The van der Waals surface area contributed by atoms with E-state index < -0.39 is 7.60 Å². The Labute approximate surface area is 118 Å². The lowest BCUT2D eigenvalue weighted by Gasteiger charge is -2.14. The van der Waals surface area contributed by atoms with E-state index in [1.54, 1.807) is 0 Å². The molecule has 0 heterocycles. The highest BCUT2D eigenvalue weighted by Gasteiger charge is 2.21. The van der Waals surface area contributed by atoms with Crippen LogP contribution >= 0.6 is 7.60 Å². The van der Waals surface area contributed by atoms with Crippen molar-refractivity contribution in [1.29, 1.82) is 0 Å². The van der Waals surface area contributed by atoms with Gasteiger partial charge in [-0.1, -0.05) is 30.3 Å². The van der Waals surface area contributed by atoms with Crippen LogP contribution < -0.4 is 4.74 Å². The van der Waals surface area contributed by atoms with Gasteiger partial charge in [0.2, 0.25) is 0 Å². The fraction of sp³-hybridized carbons (Fsp3) is 0.200. The third-order valence-electron chi connectivity index (χ3n) is 2.81. The Hall–Kier alpha value is -1.61. The van der Waals surface area contributed by atoms with Gasteiger partial charge < -0.3 is 13.8 Å². The normalized spacial score (nSPS) is 11.3. The largest absolute Gasteiger partial charge is 0.457 e. The van der Waals surface area contributed by atoms with Gasteiger partial charge in [0.25, 0.3) is 0 Å². The van der Waals surface area contributed by atoms with Crippen LogP contribution in [0.3, 0.4) is 0 Å². The number of para-hydroxylation sites is 1. The van der Waals surface area contributed by atoms with E-state index in [0.29, 0.717) is 5.75 Å². The fourth-order valence-corrected chi connectivity index (χ4v) is 2.81. The molecule has 0 radical (unpaired) electrons. The fourth-order valence-electron chi connectivity index (χ4n) is 1.76. The van der Waals surface area contributed by atoms with Gasteiger partial charge in [-0.25, -0.2) is 0 Å². The van der Waals surface area contributed by atoms with Crippen molar-refractivity contribution in [3.63, 3.8) is 0 Å². The van der Waals surface area contributed by atoms with Crippen LogP contribution in [-0.2, 0) is 19.8 Å². The van der Waals surface area contributed by atoms with E-state index in [9.17, 15) is 4.57 Å². The lowest BCUT2D eigenvalue weighted by Crippen LogP contribution is -1.94. The first-order valence-electron chi connectivity index (χ1n) is 6.17. The zero-order valence-corrected chi connectivity index (χ0v) is 12.4. The summed E-state index contributed by atoms with van der Waals surface area (Å²) < 4.78 is 27.7. The first-order chi connectivity index (χ1) is 9.65. The quantitative estimate of drug-likeness (QED) is 0.737. The minimum Gasteiger partial charge on any atom is -0.457 e. The van der Waals surface area contributed by atoms with Gasteiger partial charge >= 0.3 is 7.60 Å². The number of benzene rings is 2. The van der Waals surface area contributed by atoms with Gasteiger partial charge in [-0.2, -0.15) is 0 Å². The van der Waals surface area contributed by atoms with Crippen molar-refractivity contribution in [3.05, 3.63) is 60.2 Å². The molecule has 0 bridgehead atoms. The first kappa shape index (κ1) is 14.8. The molecule has 0 aliphatic carbocycles. The number of hydrogen-bond donors (Lipinski definition) is 0. The van der Waals surface area contributed by atoms with E-state index in [1.807, 2.05) is 54.6 Å².